The molecule has 4 rings (SSSR count). The van der Waals surface area contributed by atoms with Crippen molar-refractivity contribution in [3.63, 3.8) is 0 Å². The number of carboxylic acids is 1. The number of carbonyl (C=O) groups is 2. The van der Waals surface area contributed by atoms with Gasteiger partial charge in [-0.3, -0.25) is 14.5 Å². The number of thioether (sulfide) groups is 1. The lowest BCUT2D eigenvalue weighted by Crippen LogP contribution is -2.33. The Hall–Kier alpha value is -2.64. The van der Waals surface area contributed by atoms with Crippen LogP contribution < -0.4 is 4.90 Å². The van der Waals surface area contributed by atoms with Crippen LogP contribution in [0.3, 0.4) is 0 Å². The predicted octanol–water partition coefficient (Wildman–Crippen LogP) is 3.67. The van der Waals surface area contributed by atoms with Gasteiger partial charge >= 0.3 is 5.97 Å². The van der Waals surface area contributed by atoms with Crippen molar-refractivity contribution in [2.75, 3.05) is 18.0 Å². The van der Waals surface area contributed by atoms with Crippen LogP contribution in [-0.2, 0) is 16.0 Å². The number of benzene rings is 2. The molecule has 5 nitrogen and oxygen atoms in total. The van der Waals surface area contributed by atoms with Crippen LogP contribution in [0, 0.1) is 0 Å². The predicted molar refractivity (Wildman–Crippen MR) is 111 cm³/mol. The molecule has 0 spiro atoms. The van der Waals surface area contributed by atoms with Gasteiger partial charge in [0.15, 0.2) is 0 Å². The van der Waals surface area contributed by atoms with Gasteiger partial charge in [-0.15, -0.1) is 0 Å². The second-order valence-electron chi connectivity index (χ2n) is 6.29. The monoisotopic (exact) mass is 396 g/mol. The van der Waals surface area contributed by atoms with Gasteiger partial charge in [0.2, 0.25) is 0 Å². The number of hydrogen-bond acceptors (Lipinski definition) is 5. The Balaban J connectivity index is 1.59. The lowest BCUT2D eigenvalue weighted by atomic mass is 10.1. The molecule has 1 amide bonds. The summed E-state index contributed by atoms with van der Waals surface area (Å²) in [5, 5.41) is 8.92. The maximum Gasteiger partial charge on any atom is 0.323 e. The lowest BCUT2D eigenvalue weighted by molar-refractivity contribution is -0.140. The molecule has 2 aliphatic heterocycles. The topological polar surface area (TPSA) is 60.9 Å². The zero-order valence-corrected chi connectivity index (χ0v) is 15.9. The second-order valence-corrected chi connectivity index (χ2v) is 7.96. The maximum absolute atomic E-state index is 12.4. The van der Waals surface area contributed by atoms with Crippen molar-refractivity contribution >= 4 is 57.6 Å². The van der Waals surface area contributed by atoms with Gasteiger partial charge in [0.1, 0.15) is 10.9 Å². The summed E-state index contributed by atoms with van der Waals surface area (Å²) in [6.07, 6.45) is 2.72. The number of aliphatic carboxylic acids is 1. The van der Waals surface area contributed by atoms with Crippen LogP contribution in [0.4, 0.5) is 11.4 Å². The summed E-state index contributed by atoms with van der Waals surface area (Å²) in [7, 11) is 0. The summed E-state index contributed by atoms with van der Waals surface area (Å²) in [5.74, 6) is -1.43. The number of rotatable bonds is 4. The third kappa shape index (κ3) is 3.48. The molecule has 1 fully saturated rings. The molecule has 2 aromatic rings. The standard InChI is InChI=1S/C20H16N2O3S2/c23-18(24)12-22-19(25)17(27-20(22)26)11-13-6-7-16-14(10-13)8-9-21(16)15-4-2-1-3-5-15/h1-7,10-11H,8-9,12H2,(H,23,24)/b17-11+. The average molecular weight is 396 g/mol. The van der Waals surface area contributed by atoms with Crippen LogP contribution in [0.15, 0.2) is 53.4 Å². The lowest BCUT2D eigenvalue weighted by Gasteiger charge is -2.19. The van der Waals surface area contributed by atoms with E-state index in [-0.39, 0.29) is 10.2 Å². The number of thiocarbonyl (C=S) groups is 1. The van der Waals surface area contributed by atoms with Gasteiger partial charge in [-0.1, -0.05) is 48.2 Å². The Morgan fingerprint density at radius 2 is 2.00 bits per heavy atom. The van der Waals surface area contributed by atoms with Gasteiger partial charge < -0.3 is 10.0 Å². The minimum atomic E-state index is -1.08. The molecule has 7 heteroatoms. The molecule has 0 atom stereocenters. The summed E-state index contributed by atoms with van der Waals surface area (Å²) in [6.45, 7) is 0.516. The molecule has 136 valence electrons. The summed E-state index contributed by atoms with van der Waals surface area (Å²) in [5.41, 5.74) is 4.49. The van der Waals surface area contributed by atoms with Crippen LogP contribution in [0.2, 0.25) is 0 Å². The summed E-state index contributed by atoms with van der Waals surface area (Å²) >= 11 is 6.28. The molecular weight excluding hydrogens is 380 g/mol. The molecule has 0 aliphatic carbocycles. The van der Waals surface area contributed by atoms with Crippen LogP contribution >= 0.6 is 24.0 Å². The number of nitrogens with zero attached hydrogens (tertiary/aromatic N) is 2. The van der Waals surface area contributed by atoms with E-state index in [0.29, 0.717) is 4.91 Å². The van der Waals surface area contributed by atoms with E-state index in [1.165, 1.54) is 16.9 Å². The van der Waals surface area contributed by atoms with Crippen molar-refractivity contribution in [2.24, 2.45) is 0 Å². The summed E-state index contributed by atoms with van der Waals surface area (Å²) < 4.78 is 0.282. The fourth-order valence-corrected chi connectivity index (χ4v) is 4.57. The highest BCUT2D eigenvalue weighted by Crippen LogP contribution is 2.37. The van der Waals surface area contributed by atoms with E-state index in [9.17, 15) is 9.59 Å². The van der Waals surface area contributed by atoms with Crippen molar-refractivity contribution < 1.29 is 14.7 Å². The Kier molecular flexibility index (Phi) is 4.72. The summed E-state index contributed by atoms with van der Waals surface area (Å²) in [4.78, 5) is 27.2. The second kappa shape index (κ2) is 7.17. The van der Waals surface area contributed by atoms with Crippen molar-refractivity contribution in [1.82, 2.24) is 4.90 Å². The Morgan fingerprint density at radius 1 is 1.22 bits per heavy atom. The van der Waals surface area contributed by atoms with Crippen LogP contribution in [0.1, 0.15) is 11.1 Å². The number of amides is 1. The smallest absolute Gasteiger partial charge is 0.323 e. The van der Waals surface area contributed by atoms with E-state index < -0.39 is 12.5 Å². The first-order valence-electron chi connectivity index (χ1n) is 8.45. The normalized spacial score (nSPS) is 17.7. The number of carboxylic acid groups (broad SMARTS) is 1. The van der Waals surface area contributed by atoms with Crippen LogP contribution in [-0.4, -0.2) is 39.3 Å². The molecule has 2 heterocycles. The fourth-order valence-electron chi connectivity index (χ4n) is 3.31. The van der Waals surface area contributed by atoms with Gasteiger partial charge in [-0.25, -0.2) is 0 Å². The molecule has 27 heavy (non-hydrogen) atoms. The molecule has 0 unspecified atom stereocenters. The highest BCUT2D eigenvalue weighted by Gasteiger charge is 2.33. The van der Waals surface area contributed by atoms with Gasteiger partial charge in [0.25, 0.3) is 5.91 Å². The maximum atomic E-state index is 12.4. The molecular formula is C20H16N2O3S2. The largest absolute Gasteiger partial charge is 0.480 e. The first kappa shape index (κ1) is 17.8. The molecule has 1 N–H and O–H groups in total. The molecule has 2 aromatic carbocycles. The van der Waals surface area contributed by atoms with Crippen molar-refractivity contribution in [2.45, 2.75) is 6.42 Å². The van der Waals surface area contributed by atoms with E-state index in [0.717, 1.165) is 35.2 Å². The van der Waals surface area contributed by atoms with Crippen molar-refractivity contribution in [3.05, 3.63) is 64.6 Å². The van der Waals surface area contributed by atoms with Crippen molar-refractivity contribution in [3.8, 4) is 0 Å². The van der Waals surface area contributed by atoms with Crippen LogP contribution in [0.5, 0.6) is 0 Å². The zero-order valence-electron chi connectivity index (χ0n) is 14.3. The molecule has 2 aliphatic rings. The number of carbonyl (C=O) groups excluding carboxylic acids is 1. The molecule has 0 saturated carbocycles. The third-order valence-corrected chi connectivity index (χ3v) is 5.91. The van der Waals surface area contributed by atoms with E-state index in [1.807, 2.05) is 24.3 Å². The van der Waals surface area contributed by atoms with E-state index in [4.69, 9.17) is 17.3 Å². The minimum Gasteiger partial charge on any atom is -0.480 e. The number of anilines is 2. The quantitative estimate of drug-likeness (QED) is 0.629. The Bertz CT molecular complexity index is 972. The third-order valence-electron chi connectivity index (χ3n) is 4.53. The minimum absolute atomic E-state index is 0.282. The van der Waals surface area contributed by atoms with Gasteiger partial charge in [0.05, 0.1) is 4.91 Å². The number of hydrogen-bond donors (Lipinski definition) is 1. The first-order chi connectivity index (χ1) is 13.0. The van der Waals surface area contributed by atoms with Crippen molar-refractivity contribution in [1.29, 1.82) is 0 Å². The molecule has 0 bridgehead atoms. The molecule has 0 aromatic heterocycles. The van der Waals surface area contributed by atoms with Gasteiger partial charge in [0, 0.05) is 17.9 Å². The highest BCUT2D eigenvalue weighted by molar-refractivity contribution is 8.26. The Morgan fingerprint density at radius 3 is 2.74 bits per heavy atom. The van der Waals surface area contributed by atoms with E-state index in [2.05, 4.69) is 29.2 Å². The average Bonchev–Trinajstić information content (AvgIpc) is 3.18. The van der Waals surface area contributed by atoms with Gasteiger partial charge in [-0.2, -0.15) is 0 Å². The number of para-hydroxylation sites is 1. The van der Waals surface area contributed by atoms with Crippen LogP contribution in [0.25, 0.3) is 6.08 Å². The van der Waals surface area contributed by atoms with E-state index in [1.54, 1.807) is 6.08 Å². The molecule has 0 radical (unpaired) electrons. The first-order valence-corrected chi connectivity index (χ1v) is 9.68. The zero-order chi connectivity index (χ0) is 19.0. The summed E-state index contributed by atoms with van der Waals surface area (Å²) in [6, 6.07) is 16.4. The fraction of sp³-hybridized carbons (Fsp3) is 0.150. The van der Waals surface area contributed by atoms with Gasteiger partial charge in [-0.05, 0) is 47.9 Å². The van der Waals surface area contributed by atoms with E-state index >= 15 is 0 Å². The number of fused-ring (bicyclic) bond motifs is 1. The highest BCUT2D eigenvalue weighted by atomic mass is 32.2. The SMILES string of the molecule is O=C(O)CN1C(=O)/C(=C\c2ccc3c(c2)CCN3c2ccccc2)SC1=S. The molecule has 1 saturated heterocycles. The Labute approximate surface area is 166 Å².